The monoisotopic (exact) mass is 384 g/mol. The van der Waals surface area contributed by atoms with Gasteiger partial charge in [-0.1, -0.05) is 31.2 Å². The molecule has 0 radical (unpaired) electrons. The van der Waals surface area contributed by atoms with Crippen molar-refractivity contribution in [1.29, 1.82) is 0 Å². The van der Waals surface area contributed by atoms with Gasteiger partial charge in [0.05, 0.1) is 0 Å². The van der Waals surface area contributed by atoms with E-state index in [1.807, 2.05) is 38.1 Å². The summed E-state index contributed by atoms with van der Waals surface area (Å²) < 4.78 is 10.8. The molecule has 0 heterocycles. The number of amides is 2. The maximum Gasteiger partial charge on any atom is 0.265 e. The van der Waals surface area contributed by atoms with Crippen molar-refractivity contribution in [2.75, 3.05) is 25.6 Å². The molecule has 6 nitrogen and oxygen atoms in total. The Balaban J connectivity index is 1.98. The first-order chi connectivity index (χ1) is 13.5. The summed E-state index contributed by atoms with van der Waals surface area (Å²) in [6.45, 7) is 4.96. The van der Waals surface area contributed by atoms with Gasteiger partial charge in [0.15, 0.2) is 6.10 Å². The number of hydrogen-bond donors (Lipinski definition) is 2. The Morgan fingerprint density at radius 2 is 1.89 bits per heavy atom. The van der Waals surface area contributed by atoms with Gasteiger partial charge in [0.25, 0.3) is 11.8 Å². The molecule has 0 aliphatic carbocycles. The molecule has 2 N–H and O–H groups in total. The first kappa shape index (κ1) is 21.4. The van der Waals surface area contributed by atoms with Crippen LogP contribution in [0.25, 0.3) is 0 Å². The van der Waals surface area contributed by atoms with Gasteiger partial charge in [0.1, 0.15) is 5.75 Å². The Morgan fingerprint density at radius 3 is 2.61 bits per heavy atom. The van der Waals surface area contributed by atoms with Gasteiger partial charge in [-0.15, -0.1) is 0 Å². The van der Waals surface area contributed by atoms with E-state index < -0.39 is 6.10 Å². The Bertz CT molecular complexity index is 792. The molecule has 0 aliphatic rings. The van der Waals surface area contributed by atoms with E-state index >= 15 is 0 Å². The molecule has 1 atom stereocenters. The average Bonchev–Trinajstić information content (AvgIpc) is 2.70. The maximum absolute atomic E-state index is 12.6. The number of rotatable bonds is 10. The Hall–Kier alpha value is -2.86. The number of aryl methyl sites for hydroxylation is 1. The van der Waals surface area contributed by atoms with Crippen LogP contribution < -0.4 is 15.4 Å². The van der Waals surface area contributed by atoms with E-state index in [0.29, 0.717) is 36.6 Å². The van der Waals surface area contributed by atoms with E-state index in [9.17, 15) is 9.59 Å². The van der Waals surface area contributed by atoms with Crippen LogP contribution in [0, 0.1) is 6.92 Å². The first-order valence-corrected chi connectivity index (χ1v) is 9.45. The second-order valence-corrected chi connectivity index (χ2v) is 6.45. The second kappa shape index (κ2) is 11.1. The predicted molar refractivity (Wildman–Crippen MR) is 110 cm³/mol. The van der Waals surface area contributed by atoms with Crippen LogP contribution in [0.3, 0.4) is 0 Å². The summed E-state index contributed by atoms with van der Waals surface area (Å²) in [5.41, 5.74) is 2.02. The van der Waals surface area contributed by atoms with E-state index in [0.717, 1.165) is 12.0 Å². The zero-order valence-electron chi connectivity index (χ0n) is 16.7. The molecule has 28 heavy (non-hydrogen) atoms. The van der Waals surface area contributed by atoms with Crippen LogP contribution >= 0.6 is 0 Å². The Labute approximate surface area is 166 Å². The third-order valence-electron chi connectivity index (χ3n) is 4.23. The fourth-order valence-electron chi connectivity index (χ4n) is 2.65. The highest BCUT2D eigenvalue weighted by Crippen LogP contribution is 2.20. The summed E-state index contributed by atoms with van der Waals surface area (Å²) in [5.74, 6) is 0.257. The quantitative estimate of drug-likeness (QED) is 0.614. The molecule has 0 saturated carbocycles. The minimum Gasteiger partial charge on any atom is -0.480 e. The molecule has 0 saturated heterocycles. The van der Waals surface area contributed by atoms with Gasteiger partial charge in [-0.2, -0.15) is 0 Å². The van der Waals surface area contributed by atoms with Gasteiger partial charge in [-0.3, -0.25) is 9.59 Å². The summed E-state index contributed by atoms with van der Waals surface area (Å²) in [6, 6.07) is 14.4. The molecule has 2 rings (SSSR count). The van der Waals surface area contributed by atoms with Gasteiger partial charge < -0.3 is 20.1 Å². The van der Waals surface area contributed by atoms with Crippen LogP contribution in [-0.2, 0) is 9.53 Å². The van der Waals surface area contributed by atoms with Crippen molar-refractivity contribution in [3.63, 3.8) is 0 Å². The molecule has 0 fully saturated rings. The normalized spacial score (nSPS) is 11.5. The predicted octanol–water partition coefficient (Wildman–Crippen LogP) is 3.56. The zero-order chi connectivity index (χ0) is 20.4. The van der Waals surface area contributed by atoms with Crippen molar-refractivity contribution < 1.29 is 19.1 Å². The van der Waals surface area contributed by atoms with Crippen LogP contribution in [0.1, 0.15) is 35.7 Å². The van der Waals surface area contributed by atoms with E-state index in [-0.39, 0.29) is 11.8 Å². The molecule has 0 aromatic heterocycles. The van der Waals surface area contributed by atoms with Crippen molar-refractivity contribution in [2.45, 2.75) is 32.8 Å². The SMILES string of the molecule is CCC(Oc1ccccc1C)C(=O)Nc1cccc(C(=O)NCCCOC)c1. The smallest absolute Gasteiger partial charge is 0.265 e. The van der Waals surface area contributed by atoms with Crippen LogP contribution in [0.5, 0.6) is 5.75 Å². The largest absolute Gasteiger partial charge is 0.480 e. The van der Waals surface area contributed by atoms with Crippen LogP contribution in [0.2, 0.25) is 0 Å². The number of benzene rings is 2. The van der Waals surface area contributed by atoms with Crippen LogP contribution in [0.4, 0.5) is 5.69 Å². The van der Waals surface area contributed by atoms with Crippen molar-refractivity contribution in [2.24, 2.45) is 0 Å². The summed E-state index contributed by atoms with van der Waals surface area (Å²) >= 11 is 0. The molecule has 1 unspecified atom stereocenters. The summed E-state index contributed by atoms with van der Waals surface area (Å²) in [7, 11) is 1.63. The lowest BCUT2D eigenvalue weighted by Gasteiger charge is -2.18. The summed E-state index contributed by atoms with van der Waals surface area (Å²) in [4.78, 5) is 24.9. The number of para-hydroxylation sites is 1. The highest BCUT2D eigenvalue weighted by atomic mass is 16.5. The van der Waals surface area contributed by atoms with Crippen LogP contribution in [-0.4, -0.2) is 38.2 Å². The number of hydrogen-bond acceptors (Lipinski definition) is 4. The van der Waals surface area contributed by atoms with E-state index in [1.54, 1.807) is 31.4 Å². The molecule has 2 aromatic rings. The number of carbonyl (C=O) groups excluding carboxylic acids is 2. The summed E-state index contributed by atoms with van der Waals surface area (Å²) in [5, 5.41) is 5.67. The first-order valence-electron chi connectivity index (χ1n) is 9.45. The molecule has 0 spiro atoms. The van der Waals surface area contributed by atoms with Crippen molar-refractivity contribution >= 4 is 17.5 Å². The molecule has 0 aliphatic heterocycles. The minimum absolute atomic E-state index is 0.185. The van der Waals surface area contributed by atoms with E-state index in [1.165, 1.54) is 0 Å². The fourth-order valence-corrected chi connectivity index (χ4v) is 2.65. The average molecular weight is 384 g/mol. The minimum atomic E-state index is -0.618. The molecule has 6 heteroatoms. The summed E-state index contributed by atoms with van der Waals surface area (Å²) in [6.07, 6.45) is 0.653. The lowest BCUT2D eigenvalue weighted by molar-refractivity contribution is -0.122. The van der Waals surface area contributed by atoms with E-state index in [2.05, 4.69) is 10.6 Å². The van der Waals surface area contributed by atoms with Crippen LogP contribution in [0.15, 0.2) is 48.5 Å². The van der Waals surface area contributed by atoms with Gasteiger partial charge in [-0.05, 0) is 49.6 Å². The standard InChI is InChI=1S/C22H28N2O4/c1-4-19(28-20-12-6-5-9-16(20)2)22(26)24-18-11-7-10-17(15-18)21(25)23-13-8-14-27-3/h5-7,9-12,15,19H,4,8,13-14H2,1-3H3,(H,23,25)(H,24,26). The molecular weight excluding hydrogens is 356 g/mol. The molecular formula is C22H28N2O4. The molecule has 2 aromatic carbocycles. The van der Waals surface area contributed by atoms with Gasteiger partial charge in [-0.25, -0.2) is 0 Å². The topological polar surface area (TPSA) is 76.7 Å². The molecule has 2 amide bonds. The number of nitrogens with one attached hydrogen (secondary N) is 2. The third-order valence-corrected chi connectivity index (χ3v) is 4.23. The number of methoxy groups -OCH3 is 1. The van der Waals surface area contributed by atoms with Crippen molar-refractivity contribution in [1.82, 2.24) is 5.32 Å². The lowest BCUT2D eigenvalue weighted by atomic mass is 10.1. The van der Waals surface area contributed by atoms with Gasteiger partial charge >= 0.3 is 0 Å². The molecule has 0 bridgehead atoms. The fraction of sp³-hybridized carbons (Fsp3) is 0.364. The Kier molecular flexibility index (Phi) is 8.49. The highest BCUT2D eigenvalue weighted by Gasteiger charge is 2.19. The van der Waals surface area contributed by atoms with Crippen molar-refractivity contribution in [3.05, 3.63) is 59.7 Å². The maximum atomic E-state index is 12.6. The lowest BCUT2D eigenvalue weighted by Crippen LogP contribution is -2.32. The number of ether oxygens (including phenoxy) is 2. The number of carbonyl (C=O) groups is 2. The highest BCUT2D eigenvalue weighted by molar-refractivity contribution is 5.98. The van der Waals surface area contributed by atoms with Crippen molar-refractivity contribution in [3.8, 4) is 5.75 Å². The van der Waals surface area contributed by atoms with Gasteiger partial charge in [0, 0.05) is 31.5 Å². The van der Waals surface area contributed by atoms with Gasteiger partial charge in [0.2, 0.25) is 0 Å². The molecule has 150 valence electrons. The second-order valence-electron chi connectivity index (χ2n) is 6.45. The Morgan fingerprint density at radius 1 is 1.11 bits per heavy atom. The third kappa shape index (κ3) is 6.39. The van der Waals surface area contributed by atoms with E-state index in [4.69, 9.17) is 9.47 Å². The number of anilines is 1. The zero-order valence-corrected chi connectivity index (χ0v) is 16.7.